The first kappa shape index (κ1) is 15.1. The number of hydrogen-bond acceptors (Lipinski definition) is 1. The van der Waals surface area contributed by atoms with E-state index in [9.17, 15) is 0 Å². The molecule has 1 atom stereocenters. The highest BCUT2D eigenvalue weighted by molar-refractivity contribution is 6.18. The Morgan fingerprint density at radius 2 is 1.45 bits per heavy atom. The van der Waals surface area contributed by atoms with Crippen LogP contribution in [0.3, 0.4) is 0 Å². The van der Waals surface area contributed by atoms with Crippen LogP contribution >= 0.6 is 11.6 Å². The Labute approximate surface area is 127 Å². The Balaban J connectivity index is 1.69. The molecule has 20 heavy (non-hydrogen) atoms. The standard InChI is InChI=1S/C18H22ClN/c19-15-18(14-17-10-5-2-6-11-17)20-13-7-12-16-8-3-1-4-9-16/h1-6,8-11,18,20H,7,12-15H2. The van der Waals surface area contributed by atoms with Crippen LogP contribution in [0.4, 0.5) is 0 Å². The van der Waals surface area contributed by atoms with Crippen LogP contribution in [0, 0.1) is 0 Å². The Kier molecular flexibility index (Phi) is 6.62. The van der Waals surface area contributed by atoms with E-state index >= 15 is 0 Å². The zero-order valence-electron chi connectivity index (χ0n) is 11.8. The molecule has 0 aliphatic heterocycles. The zero-order valence-corrected chi connectivity index (χ0v) is 12.5. The van der Waals surface area contributed by atoms with Crippen molar-refractivity contribution in [3.63, 3.8) is 0 Å². The summed E-state index contributed by atoms with van der Waals surface area (Å²) in [4.78, 5) is 0. The molecular formula is C18H22ClN. The zero-order chi connectivity index (χ0) is 14.0. The van der Waals surface area contributed by atoms with Crippen LogP contribution in [0.25, 0.3) is 0 Å². The van der Waals surface area contributed by atoms with Crippen molar-refractivity contribution in [1.82, 2.24) is 5.32 Å². The summed E-state index contributed by atoms with van der Waals surface area (Å²) in [6.07, 6.45) is 3.26. The Morgan fingerprint density at radius 3 is 2.05 bits per heavy atom. The summed E-state index contributed by atoms with van der Waals surface area (Å²) in [5.74, 6) is 0.653. The van der Waals surface area contributed by atoms with Gasteiger partial charge in [-0.25, -0.2) is 0 Å². The van der Waals surface area contributed by atoms with Crippen molar-refractivity contribution in [2.45, 2.75) is 25.3 Å². The van der Waals surface area contributed by atoms with Crippen LogP contribution in [-0.2, 0) is 12.8 Å². The van der Waals surface area contributed by atoms with Crippen molar-refractivity contribution in [2.24, 2.45) is 0 Å². The van der Waals surface area contributed by atoms with Crippen LogP contribution in [0.5, 0.6) is 0 Å². The lowest BCUT2D eigenvalue weighted by Gasteiger charge is -2.16. The average molecular weight is 288 g/mol. The summed E-state index contributed by atoms with van der Waals surface area (Å²) < 4.78 is 0. The second-order valence-corrected chi connectivity index (χ2v) is 5.39. The second kappa shape index (κ2) is 8.78. The van der Waals surface area contributed by atoms with Crippen molar-refractivity contribution in [1.29, 1.82) is 0 Å². The molecule has 1 N–H and O–H groups in total. The van der Waals surface area contributed by atoms with Gasteiger partial charge in [-0.15, -0.1) is 11.6 Å². The molecule has 0 amide bonds. The van der Waals surface area contributed by atoms with Crippen molar-refractivity contribution in [3.8, 4) is 0 Å². The Hall–Kier alpha value is -1.31. The quantitative estimate of drug-likeness (QED) is 0.570. The minimum absolute atomic E-state index is 0.356. The van der Waals surface area contributed by atoms with E-state index in [0.29, 0.717) is 11.9 Å². The van der Waals surface area contributed by atoms with E-state index in [-0.39, 0.29) is 0 Å². The maximum absolute atomic E-state index is 6.05. The van der Waals surface area contributed by atoms with Gasteiger partial charge >= 0.3 is 0 Å². The molecule has 0 spiro atoms. The molecular weight excluding hydrogens is 266 g/mol. The number of benzene rings is 2. The van der Waals surface area contributed by atoms with Crippen LogP contribution < -0.4 is 5.32 Å². The smallest absolute Gasteiger partial charge is 0.0380 e. The molecule has 0 aliphatic carbocycles. The molecule has 2 aromatic carbocycles. The van der Waals surface area contributed by atoms with Crippen LogP contribution in [0.2, 0.25) is 0 Å². The number of halogens is 1. The summed E-state index contributed by atoms with van der Waals surface area (Å²) in [6.45, 7) is 1.01. The van der Waals surface area contributed by atoms with Gasteiger partial charge in [0.25, 0.3) is 0 Å². The highest BCUT2D eigenvalue weighted by Gasteiger charge is 2.07. The number of aryl methyl sites for hydroxylation is 1. The summed E-state index contributed by atoms with van der Waals surface area (Å²) in [5, 5.41) is 3.56. The molecule has 0 aliphatic rings. The van der Waals surface area contributed by atoms with Crippen molar-refractivity contribution in [2.75, 3.05) is 12.4 Å². The van der Waals surface area contributed by atoms with Gasteiger partial charge in [0.1, 0.15) is 0 Å². The fraction of sp³-hybridized carbons (Fsp3) is 0.333. The van der Waals surface area contributed by atoms with Crippen molar-refractivity contribution >= 4 is 11.6 Å². The van der Waals surface area contributed by atoms with E-state index < -0.39 is 0 Å². The van der Waals surface area contributed by atoms with E-state index in [4.69, 9.17) is 11.6 Å². The number of nitrogens with one attached hydrogen (secondary N) is 1. The second-order valence-electron chi connectivity index (χ2n) is 5.08. The molecule has 2 rings (SSSR count). The van der Waals surface area contributed by atoms with Gasteiger partial charge in [0.15, 0.2) is 0 Å². The Morgan fingerprint density at radius 1 is 0.850 bits per heavy atom. The fourth-order valence-corrected chi connectivity index (χ4v) is 2.54. The highest BCUT2D eigenvalue weighted by Crippen LogP contribution is 2.05. The largest absolute Gasteiger partial charge is 0.312 e. The first-order valence-corrected chi connectivity index (χ1v) is 7.79. The van der Waals surface area contributed by atoms with Gasteiger partial charge in [-0.3, -0.25) is 0 Å². The lowest BCUT2D eigenvalue weighted by molar-refractivity contribution is 0.538. The van der Waals surface area contributed by atoms with Crippen LogP contribution in [0.15, 0.2) is 60.7 Å². The van der Waals surface area contributed by atoms with E-state index in [1.807, 2.05) is 6.07 Å². The van der Waals surface area contributed by atoms with Crippen LogP contribution in [0.1, 0.15) is 17.5 Å². The molecule has 0 fully saturated rings. The van der Waals surface area contributed by atoms with Crippen LogP contribution in [-0.4, -0.2) is 18.5 Å². The fourth-order valence-electron chi connectivity index (χ4n) is 2.32. The first-order chi connectivity index (χ1) is 9.88. The third-order valence-electron chi connectivity index (χ3n) is 3.43. The van der Waals surface area contributed by atoms with Crippen molar-refractivity contribution in [3.05, 3.63) is 71.8 Å². The number of hydrogen-bond donors (Lipinski definition) is 1. The molecule has 0 saturated heterocycles. The van der Waals surface area contributed by atoms with Gasteiger partial charge in [-0.05, 0) is 36.9 Å². The van der Waals surface area contributed by atoms with Gasteiger partial charge in [0.2, 0.25) is 0 Å². The van der Waals surface area contributed by atoms with Crippen molar-refractivity contribution < 1.29 is 0 Å². The van der Waals surface area contributed by atoms with Gasteiger partial charge in [0, 0.05) is 11.9 Å². The van der Waals surface area contributed by atoms with E-state index in [0.717, 1.165) is 25.8 Å². The molecule has 2 heteroatoms. The maximum Gasteiger partial charge on any atom is 0.0380 e. The van der Waals surface area contributed by atoms with Gasteiger partial charge in [-0.1, -0.05) is 60.7 Å². The third-order valence-corrected chi connectivity index (χ3v) is 3.80. The molecule has 0 radical (unpaired) electrons. The highest BCUT2D eigenvalue weighted by atomic mass is 35.5. The minimum Gasteiger partial charge on any atom is -0.312 e. The molecule has 1 unspecified atom stereocenters. The average Bonchev–Trinajstić information content (AvgIpc) is 2.52. The molecule has 2 aromatic rings. The molecule has 0 bridgehead atoms. The summed E-state index contributed by atoms with van der Waals surface area (Å²) in [5.41, 5.74) is 2.74. The van der Waals surface area contributed by atoms with E-state index in [1.165, 1.54) is 11.1 Å². The minimum atomic E-state index is 0.356. The lowest BCUT2D eigenvalue weighted by atomic mass is 10.1. The molecule has 0 aromatic heterocycles. The molecule has 106 valence electrons. The summed E-state index contributed by atoms with van der Waals surface area (Å²) >= 11 is 6.05. The predicted molar refractivity (Wildman–Crippen MR) is 87.4 cm³/mol. The maximum atomic E-state index is 6.05. The normalized spacial score (nSPS) is 12.2. The predicted octanol–water partition coefficient (Wildman–Crippen LogP) is 4.06. The first-order valence-electron chi connectivity index (χ1n) is 7.25. The van der Waals surface area contributed by atoms with Gasteiger partial charge in [-0.2, -0.15) is 0 Å². The molecule has 0 saturated carbocycles. The number of alkyl halides is 1. The van der Waals surface area contributed by atoms with Gasteiger partial charge < -0.3 is 5.32 Å². The molecule has 1 nitrogen and oxygen atoms in total. The molecule has 0 heterocycles. The third kappa shape index (κ3) is 5.36. The van der Waals surface area contributed by atoms with E-state index in [1.54, 1.807) is 0 Å². The van der Waals surface area contributed by atoms with E-state index in [2.05, 4.69) is 59.9 Å². The lowest BCUT2D eigenvalue weighted by Crippen LogP contribution is -2.33. The summed E-state index contributed by atoms with van der Waals surface area (Å²) in [7, 11) is 0. The topological polar surface area (TPSA) is 12.0 Å². The Bertz CT molecular complexity index is 469. The summed E-state index contributed by atoms with van der Waals surface area (Å²) in [6, 6.07) is 21.5. The monoisotopic (exact) mass is 287 g/mol. The number of rotatable bonds is 8. The van der Waals surface area contributed by atoms with Gasteiger partial charge in [0.05, 0.1) is 0 Å². The SMILES string of the molecule is ClCC(Cc1ccccc1)NCCCc1ccccc1.